The van der Waals surface area contributed by atoms with E-state index in [-0.39, 0.29) is 35.1 Å². The van der Waals surface area contributed by atoms with E-state index in [2.05, 4.69) is 6.92 Å². The second-order valence-corrected chi connectivity index (χ2v) is 10.4. The van der Waals surface area contributed by atoms with Crippen LogP contribution in [0.1, 0.15) is 72.6 Å². The summed E-state index contributed by atoms with van der Waals surface area (Å²) < 4.78 is 5.42. The number of carbonyl (C=O) groups is 2. The maximum Gasteiger partial charge on any atom is 0.338 e. The largest absolute Gasteiger partial charge is 0.461 e. The highest BCUT2D eigenvalue weighted by atomic mass is 16.6. The second-order valence-electron chi connectivity index (χ2n) is 10.4. The number of hydrogen-bond donors (Lipinski definition) is 2. The van der Waals surface area contributed by atoms with E-state index < -0.39 is 23.1 Å². The summed E-state index contributed by atoms with van der Waals surface area (Å²) in [6, 6.07) is 0. The zero-order valence-corrected chi connectivity index (χ0v) is 17.5. The smallest absolute Gasteiger partial charge is 0.338 e. The molecule has 3 fully saturated rings. The highest BCUT2D eigenvalue weighted by molar-refractivity contribution is 5.91. The molecule has 4 aliphatic rings. The van der Waals surface area contributed by atoms with Crippen LogP contribution in [0.25, 0.3) is 0 Å². The molecule has 0 aromatic carbocycles. The zero-order chi connectivity index (χ0) is 20.5. The molecule has 5 heteroatoms. The first-order valence-corrected chi connectivity index (χ1v) is 10.9. The quantitative estimate of drug-likeness (QED) is 0.708. The lowest BCUT2D eigenvalue weighted by Crippen LogP contribution is -2.62. The molecule has 3 saturated carbocycles. The van der Waals surface area contributed by atoms with Gasteiger partial charge in [0.1, 0.15) is 0 Å². The number of fused-ring (bicyclic) bond motifs is 5. The minimum Gasteiger partial charge on any atom is -0.461 e. The average molecular weight is 391 g/mol. The zero-order valence-electron chi connectivity index (χ0n) is 17.5. The fourth-order valence-electron chi connectivity index (χ4n) is 7.34. The Balaban J connectivity index is 1.69. The van der Waals surface area contributed by atoms with Gasteiger partial charge in [-0.15, -0.1) is 0 Å². The predicted molar refractivity (Wildman–Crippen MR) is 104 cm³/mol. The molecule has 4 rings (SSSR count). The van der Waals surface area contributed by atoms with Crippen molar-refractivity contribution in [3.05, 3.63) is 11.6 Å². The van der Waals surface area contributed by atoms with Gasteiger partial charge in [-0.2, -0.15) is 0 Å². The SMILES string of the molecule is CC(C)OC(=O)C1(O)CCC2C3CCC4=CC(=O)CCC4(C)C3C(O)CC21C. The van der Waals surface area contributed by atoms with Crippen LogP contribution in [0.3, 0.4) is 0 Å². The third-order valence-corrected chi connectivity index (χ3v) is 8.73. The molecule has 0 spiro atoms. The van der Waals surface area contributed by atoms with Gasteiger partial charge in [0, 0.05) is 11.8 Å². The van der Waals surface area contributed by atoms with Crippen LogP contribution in [0.2, 0.25) is 0 Å². The number of aliphatic hydroxyl groups excluding tert-OH is 1. The van der Waals surface area contributed by atoms with Gasteiger partial charge in [-0.3, -0.25) is 4.79 Å². The first kappa shape index (κ1) is 20.1. The number of ether oxygens (including phenoxy) is 1. The fourth-order valence-corrected chi connectivity index (χ4v) is 7.34. The molecule has 0 amide bonds. The van der Waals surface area contributed by atoms with Crippen molar-refractivity contribution in [2.24, 2.45) is 28.6 Å². The van der Waals surface area contributed by atoms with Crippen LogP contribution in [0.15, 0.2) is 11.6 Å². The Morgan fingerprint density at radius 1 is 1.21 bits per heavy atom. The standard InChI is InChI=1S/C23H34O5/c1-13(2)28-20(26)23(27)10-8-17-16-6-5-14-11-15(24)7-9-21(14,3)19(16)18(25)12-22(17,23)4/h11,13,16-19,25,27H,5-10,12H2,1-4H3. The van der Waals surface area contributed by atoms with Crippen molar-refractivity contribution >= 4 is 11.8 Å². The summed E-state index contributed by atoms with van der Waals surface area (Å²) in [5.74, 6) is 0.186. The van der Waals surface area contributed by atoms with Crippen molar-refractivity contribution in [3.63, 3.8) is 0 Å². The van der Waals surface area contributed by atoms with Crippen molar-refractivity contribution in [1.82, 2.24) is 0 Å². The van der Waals surface area contributed by atoms with Crippen molar-refractivity contribution in [2.45, 2.75) is 90.4 Å². The normalized spacial score (nSPS) is 47.8. The third kappa shape index (κ3) is 2.58. The molecule has 7 atom stereocenters. The van der Waals surface area contributed by atoms with E-state index >= 15 is 0 Å². The molecule has 0 aliphatic heterocycles. The Hall–Kier alpha value is -1.20. The minimum absolute atomic E-state index is 0.0853. The van der Waals surface area contributed by atoms with Gasteiger partial charge in [0.15, 0.2) is 11.4 Å². The van der Waals surface area contributed by atoms with E-state index in [9.17, 15) is 19.8 Å². The van der Waals surface area contributed by atoms with E-state index in [1.165, 1.54) is 5.57 Å². The Morgan fingerprint density at radius 3 is 2.61 bits per heavy atom. The summed E-state index contributed by atoms with van der Waals surface area (Å²) >= 11 is 0. The van der Waals surface area contributed by atoms with E-state index in [1.54, 1.807) is 13.8 Å². The number of aliphatic hydroxyl groups is 2. The van der Waals surface area contributed by atoms with Crippen LogP contribution in [0.4, 0.5) is 0 Å². The first-order valence-electron chi connectivity index (χ1n) is 10.9. The van der Waals surface area contributed by atoms with Gasteiger partial charge in [-0.1, -0.05) is 19.4 Å². The Kier molecular flexibility index (Phi) is 4.59. The molecule has 7 unspecified atom stereocenters. The Morgan fingerprint density at radius 2 is 1.93 bits per heavy atom. The number of ketones is 1. The van der Waals surface area contributed by atoms with Crippen LogP contribution < -0.4 is 0 Å². The molecule has 0 bridgehead atoms. The Bertz CT molecular complexity index is 727. The maximum absolute atomic E-state index is 12.8. The van der Waals surface area contributed by atoms with Crippen molar-refractivity contribution in [1.29, 1.82) is 0 Å². The molecule has 0 saturated heterocycles. The van der Waals surface area contributed by atoms with Crippen LogP contribution in [-0.2, 0) is 14.3 Å². The summed E-state index contributed by atoms with van der Waals surface area (Å²) in [5.41, 5.74) is -1.17. The number of allylic oxidation sites excluding steroid dienone is 1. The number of esters is 1. The summed E-state index contributed by atoms with van der Waals surface area (Å²) in [5, 5.41) is 22.8. The van der Waals surface area contributed by atoms with Gasteiger partial charge < -0.3 is 14.9 Å². The van der Waals surface area contributed by atoms with Gasteiger partial charge in [-0.05, 0) is 81.6 Å². The van der Waals surface area contributed by atoms with Gasteiger partial charge in [0.05, 0.1) is 12.2 Å². The minimum atomic E-state index is -1.53. The molecule has 2 N–H and O–H groups in total. The lowest BCUT2D eigenvalue weighted by Gasteiger charge is -2.60. The average Bonchev–Trinajstić information content (AvgIpc) is 2.87. The van der Waals surface area contributed by atoms with Crippen molar-refractivity contribution < 1.29 is 24.5 Å². The molecular formula is C23H34O5. The molecule has 28 heavy (non-hydrogen) atoms. The second kappa shape index (κ2) is 6.40. The van der Waals surface area contributed by atoms with Crippen LogP contribution >= 0.6 is 0 Å². The first-order chi connectivity index (χ1) is 13.0. The van der Waals surface area contributed by atoms with Gasteiger partial charge >= 0.3 is 5.97 Å². The number of carbonyl (C=O) groups excluding carboxylic acids is 2. The third-order valence-electron chi connectivity index (χ3n) is 8.73. The summed E-state index contributed by atoms with van der Waals surface area (Å²) in [6.45, 7) is 7.77. The molecule has 0 radical (unpaired) electrons. The highest BCUT2D eigenvalue weighted by Gasteiger charge is 2.69. The topological polar surface area (TPSA) is 83.8 Å². The highest BCUT2D eigenvalue weighted by Crippen LogP contribution is 2.67. The molecule has 4 aliphatic carbocycles. The number of hydrogen-bond acceptors (Lipinski definition) is 5. The lowest BCUT2D eigenvalue weighted by atomic mass is 9.45. The molecule has 5 nitrogen and oxygen atoms in total. The molecule has 0 aromatic rings. The van der Waals surface area contributed by atoms with Crippen molar-refractivity contribution in [3.8, 4) is 0 Å². The van der Waals surface area contributed by atoms with Crippen LogP contribution in [0.5, 0.6) is 0 Å². The monoisotopic (exact) mass is 390 g/mol. The summed E-state index contributed by atoms with van der Waals surface area (Å²) in [7, 11) is 0. The van der Waals surface area contributed by atoms with Crippen LogP contribution in [-0.4, -0.2) is 39.8 Å². The van der Waals surface area contributed by atoms with Crippen LogP contribution in [0, 0.1) is 28.6 Å². The van der Waals surface area contributed by atoms with E-state index in [1.807, 2.05) is 13.0 Å². The molecule has 156 valence electrons. The van der Waals surface area contributed by atoms with E-state index in [0.29, 0.717) is 19.3 Å². The predicted octanol–water partition coefficient (Wildman–Crippen LogP) is 3.17. The number of rotatable bonds is 2. The maximum atomic E-state index is 12.8. The summed E-state index contributed by atoms with van der Waals surface area (Å²) in [4.78, 5) is 24.8. The summed E-state index contributed by atoms with van der Waals surface area (Å²) in [6.07, 6.45) is 5.65. The van der Waals surface area contributed by atoms with E-state index in [0.717, 1.165) is 25.7 Å². The van der Waals surface area contributed by atoms with Gasteiger partial charge in [0.25, 0.3) is 0 Å². The van der Waals surface area contributed by atoms with Gasteiger partial charge in [0.2, 0.25) is 0 Å². The Labute approximate surface area is 167 Å². The van der Waals surface area contributed by atoms with E-state index in [4.69, 9.17) is 4.74 Å². The van der Waals surface area contributed by atoms with Gasteiger partial charge in [-0.25, -0.2) is 4.79 Å². The fraction of sp³-hybridized carbons (Fsp3) is 0.826. The molecule has 0 aromatic heterocycles. The van der Waals surface area contributed by atoms with Crippen molar-refractivity contribution in [2.75, 3.05) is 0 Å². The lowest BCUT2D eigenvalue weighted by molar-refractivity contribution is -0.202. The molecular weight excluding hydrogens is 356 g/mol. The molecule has 0 heterocycles.